The van der Waals surface area contributed by atoms with Crippen LogP contribution < -0.4 is 0 Å². The number of rotatable bonds is 7. The smallest absolute Gasteiger partial charge is 0.150 e. The molecular formula is C22H21NO2S. The highest BCUT2D eigenvalue weighted by molar-refractivity contribution is 7.11. The van der Waals surface area contributed by atoms with Gasteiger partial charge in [0.2, 0.25) is 0 Å². The van der Waals surface area contributed by atoms with E-state index in [0.29, 0.717) is 12.8 Å². The number of hydrogen-bond acceptors (Lipinski definition) is 4. The van der Waals surface area contributed by atoms with E-state index in [4.69, 9.17) is 0 Å². The molecule has 1 heterocycles. The van der Waals surface area contributed by atoms with E-state index in [-0.39, 0.29) is 11.2 Å². The van der Waals surface area contributed by atoms with Crippen LogP contribution in [0.1, 0.15) is 40.0 Å². The lowest BCUT2D eigenvalue weighted by Crippen LogP contribution is -2.22. The first kappa shape index (κ1) is 17.1. The third-order valence-electron chi connectivity index (χ3n) is 5.09. The number of hydrogen-bond donors (Lipinski definition) is 1. The van der Waals surface area contributed by atoms with E-state index >= 15 is 0 Å². The largest absolute Gasteiger partial charge is 0.387 e. The Kier molecular flexibility index (Phi) is 4.70. The Hall–Kier alpha value is -2.30. The van der Waals surface area contributed by atoms with Crippen LogP contribution in [0.25, 0.3) is 0 Å². The highest BCUT2D eigenvalue weighted by Gasteiger charge is 2.50. The molecule has 1 fully saturated rings. The van der Waals surface area contributed by atoms with Crippen LogP contribution in [0.4, 0.5) is 0 Å². The fourth-order valence-corrected chi connectivity index (χ4v) is 4.32. The number of ketones is 1. The minimum Gasteiger partial charge on any atom is -0.387 e. The van der Waals surface area contributed by atoms with Gasteiger partial charge in [0.05, 0.1) is 22.8 Å². The average Bonchev–Trinajstić information content (AvgIpc) is 3.36. The summed E-state index contributed by atoms with van der Waals surface area (Å²) in [4.78, 5) is 18.1. The Labute approximate surface area is 157 Å². The monoisotopic (exact) mass is 363 g/mol. The summed E-state index contributed by atoms with van der Waals surface area (Å²) in [5.41, 5.74) is 1.90. The van der Waals surface area contributed by atoms with E-state index in [0.717, 1.165) is 33.9 Å². The summed E-state index contributed by atoms with van der Waals surface area (Å²) in [5, 5.41) is 11.2. The molecule has 3 aromatic rings. The Morgan fingerprint density at radius 3 is 2.38 bits per heavy atom. The van der Waals surface area contributed by atoms with E-state index in [1.807, 2.05) is 60.7 Å². The zero-order valence-corrected chi connectivity index (χ0v) is 15.3. The van der Waals surface area contributed by atoms with Gasteiger partial charge in [-0.15, -0.1) is 11.3 Å². The maximum absolute atomic E-state index is 12.9. The van der Waals surface area contributed by atoms with Crippen LogP contribution in [0.2, 0.25) is 0 Å². The zero-order chi connectivity index (χ0) is 18.0. The van der Waals surface area contributed by atoms with Crippen molar-refractivity contribution in [1.29, 1.82) is 0 Å². The molecule has 26 heavy (non-hydrogen) atoms. The van der Waals surface area contributed by atoms with Crippen molar-refractivity contribution in [2.45, 2.75) is 37.2 Å². The number of aliphatic hydroxyl groups is 1. The maximum Gasteiger partial charge on any atom is 0.150 e. The first-order valence-electron chi connectivity index (χ1n) is 8.93. The van der Waals surface area contributed by atoms with Gasteiger partial charge in [-0.05, 0) is 24.0 Å². The molecule has 1 aromatic heterocycles. The topological polar surface area (TPSA) is 50.2 Å². The normalized spacial score (nSPS) is 16.2. The van der Waals surface area contributed by atoms with Crippen LogP contribution in [0.5, 0.6) is 0 Å². The summed E-state index contributed by atoms with van der Waals surface area (Å²) in [6.45, 7) is 0. The standard InChI is InChI=1S/C22H21NO2S/c24-18(13-16-7-3-1-4-8-16)19-15-23-21(26-19)14-20(25)22(11-12-22)17-9-5-2-6-10-17/h1-10,15,18,24H,11-14H2. The van der Waals surface area contributed by atoms with Crippen molar-refractivity contribution in [3.8, 4) is 0 Å². The molecule has 4 rings (SSSR count). The second kappa shape index (κ2) is 7.14. The predicted molar refractivity (Wildman–Crippen MR) is 103 cm³/mol. The molecule has 0 spiro atoms. The fraction of sp³-hybridized carbons (Fsp3) is 0.273. The van der Waals surface area contributed by atoms with Crippen molar-refractivity contribution in [3.63, 3.8) is 0 Å². The quantitative estimate of drug-likeness (QED) is 0.682. The molecule has 2 aromatic carbocycles. The molecule has 1 atom stereocenters. The number of nitrogens with zero attached hydrogens (tertiary/aromatic N) is 1. The highest BCUT2D eigenvalue weighted by atomic mass is 32.1. The summed E-state index contributed by atoms with van der Waals surface area (Å²) < 4.78 is 0. The van der Waals surface area contributed by atoms with Crippen LogP contribution in [0.3, 0.4) is 0 Å². The van der Waals surface area contributed by atoms with Crippen molar-refractivity contribution in [3.05, 3.63) is 87.9 Å². The van der Waals surface area contributed by atoms with Gasteiger partial charge in [-0.25, -0.2) is 4.98 Å². The van der Waals surface area contributed by atoms with Crippen LogP contribution in [-0.4, -0.2) is 15.9 Å². The van der Waals surface area contributed by atoms with Gasteiger partial charge >= 0.3 is 0 Å². The van der Waals surface area contributed by atoms with Gasteiger partial charge < -0.3 is 5.11 Å². The van der Waals surface area contributed by atoms with Gasteiger partial charge in [0.15, 0.2) is 0 Å². The molecule has 1 unspecified atom stereocenters. The summed E-state index contributed by atoms with van der Waals surface area (Å²) in [7, 11) is 0. The molecule has 0 bridgehead atoms. The van der Waals surface area contributed by atoms with Crippen molar-refractivity contribution in [2.75, 3.05) is 0 Å². The number of aromatic nitrogens is 1. The zero-order valence-electron chi connectivity index (χ0n) is 14.5. The van der Waals surface area contributed by atoms with Crippen LogP contribution >= 0.6 is 11.3 Å². The van der Waals surface area contributed by atoms with Crippen molar-refractivity contribution < 1.29 is 9.90 Å². The van der Waals surface area contributed by atoms with Crippen molar-refractivity contribution >= 4 is 17.1 Å². The molecule has 4 heteroatoms. The highest BCUT2D eigenvalue weighted by Crippen LogP contribution is 2.49. The molecule has 0 radical (unpaired) electrons. The minimum absolute atomic E-state index is 0.238. The second-order valence-electron chi connectivity index (χ2n) is 6.91. The Morgan fingerprint density at radius 2 is 1.73 bits per heavy atom. The van der Waals surface area contributed by atoms with E-state index in [1.54, 1.807) is 6.20 Å². The molecule has 3 nitrogen and oxygen atoms in total. The third kappa shape index (κ3) is 3.48. The van der Waals surface area contributed by atoms with E-state index in [1.165, 1.54) is 11.3 Å². The lowest BCUT2D eigenvalue weighted by atomic mass is 9.90. The predicted octanol–water partition coefficient (Wildman–Crippen LogP) is 4.26. The van der Waals surface area contributed by atoms with Gasteiger partial charge in [0, 0.05) is 12.6 Å². The van der Waals surface area contributed by atoms with Gasteiger partial charge in [-0.3, -0.25) is 4.79 Å². The average molecular weight is 363 g/mol. The number of carbonyl (C=O) groups excluding carboxylic acids is 1. The maximum atomic E-state index is 12.9. The van der Waals surface area contributed by atoms with Gasteiger partial charge in [-0.1, -0.05) is 60.7 Å². The molecule has 1 saturated carbocycles. The van der Waals surface area contributed by atoms with E-state index in [9.17, 15) is 9.90 Å². The van der Waals surface area contributed by atoms with Crippen molar-refractivity contribution in [1.82, 2.24) is 4.98 Å². The lowest BCUT2D eigenvalue weighted by molar-refractivity contribution is -0.120. The first-order valence-corrected chi connectivity index (χ1v) is 9.74. The molecule has 0 saturated heterocycles. The molecule has 1 N–H and O–H groups in total. The molecule has 0 aliphatic heterocycles. The molecule has 0 amide bonds. The van der Waals surface area contributed by atoms with Crippen LogP contribution in [0.15, 0.2) is 66.9 Å². The number of benzene rings is 2. The lowest BCUT2D eigenvalue weighted by Gasteiger charge is -2.13. The molecular weight excluding hydrogens is 342 g/mol. The summed E-state index contributed by atoms with van der Waals surface area (Å²) >= 11 is 1.45. The summed E-state index contributed by atoms with van der Waals surface area (Å²) in [5.74, 6) is 0.238. The van der Waals surface area contributed by atoms with Gasteiger partial charge in [-0.2, -0.15) is 0 Å². The van der Waals surface area contributed by atoms with Crippen LogP contribution in [-0.2, 0) is 23.1 Å². The number of carbonyl (C=O) groups is 1. The van der Waals surface area contributed by atoms with Crippen LogP contribution in [0, 0.1) is 0 Å². The third-order valence-corrected chi connectivity index (χ3v) is 6.19. The SMILES string of the molecule is O=C(Cc1ncc(C(O)Cc2ccccc2)s1)C1(c2ccccc2)CC1. The minimum atomic E-state index is -0.581. The molecule has 1 aliphatic rings. The number of Topliss-reactive ketones (excluding diaryl/α,β-unsaturated/α-hetero) is 1. The van der Waals surface area contributed by atoms with Gasteiger partial charge in [0.25, 0.3) is 0 Å². The summed E-state index contributed by atoms with van der Waals surface area (Å²) in [6, 6.07) is 20.0. The van der Waals surface area contributed by atoms with E-state index in [2.05, 4.69) is 4.98 Å². The Morgan fingerprint density at radius 1 is 1.08 bits per heavy atom. The Bertz CT molecular complexity index is 885. The number of thiazole rings is 1. The summed E-state index contributed by atoms with van der Waals surface area (Å²) in [6.07, 6.45) is 3.88. The first-order chi connectivity index (χ1) is 12.7. The molecule has 132 valence electrons. The van der Waals surface area contributed by atoms with Gasteiger partial charge in [0.1, 0.15) is 10.8 Å². The van der Waals surface area contributed by atoms with Crippen molar-refractivity contribution in [2.24, 2.45) is 0 Å². The fourth-order valence-electron chi connectivity index (χ4n) is 3.42. The Balaban J connectivity index is 1.43. The number of aliphatic hydroxyl groups excluding tert-OH is 1. The molecule has 1 aliphatic carbocycles. The second-order valence-corrected chi connectivity index (χ2v) is 8.06. The van der Waals surface area contributed by atoms with E-state index < -0.39 is 6.10 Å².